The van der Waals surface area contributed by atoms with Gasteiger partial charge in [0.25, 0.3) is 0 Å². The number of hydrazone groups is 1. The zero-order valence-electron chi connectivity index (χ0n) is 9.43. The molecular formula is C12H11BrN4S. The van der Waals surface area contributed by atoms with E-state index >= 15 is 0 Å². The lowest BCUT2D eigenvalue weighted by atomic mass is 10.1. The van der Waals surface area contributed by atoms with Gasteiger partial charge in [-0.3, -0.25) is 5.43 Å². The van der Waals surface area contributed by atoms with Crippen LogP contribution in [0.1, 0.15) is 5.56 Å². The predicted octanol–water partition coefficient (Wildman–Crippen LogP) is 3.08. The third-order valence-electron chi connectivity index (χ3n) is 2.66. The van der Waals surface area contributed by atoms with Gasteiger partial charge < -0.3 is 0 Å². The first-order valence-electron chi connectivity index (χ1n) is 5.45. The van der Waals surface area contributed by atoms with Gasteiger partial charge in [-0.2, -0.15) is 10.7 Å². The van der Waals surface area contributed by atoms with E-state index in [9.17, 15) is 0 Å². The monoisotopic (exact) mass is 322 g/mol. The van der Waals surface area contributed by atoms with E-state index in [1.54, 1.807) is 22.8 Å². The van der Waals surface area contributed by atoms with Gasteiger partial charge in [0.1, 0.15) is 12.0 Å². The van der Waals surface area contributed by atoms with Crippen molar-refractivity contribution in [1.29, 1.82) is 0 Å². The molecule has 0 saturated carbocycles. The fourth-order valence-corrected chi connectivity index (χ4v) is 3.02. The van der Waals surface area contributed by atoms with E-state index in [4.69, 9.17) is 0 Å². The number of hydrogen-bond donors (Lipinski definition) is 2. The molecule has 3 rings (SSSR count). The van der Waals surface area contributed by atoms with E-state index in [0.717, 1.165) is 11.0 Å². The summed E-state index contributed by atoms with van der Waals surface area (Å²) in [6.45, 7) is 0. The topological polar surface area (TPSA) is 39.7 Å². The van der Waals surface area contributed by atoms with E-state index in [2.05, 4.69) is 67.7 Å². The van der Waals surface area contributed by atoms with Gasteiger partial charge in [-0.05, 0) is 22.6 Å². The maximum atomic E-state index is 3.92. The summed E-state index contributed by atoms with van der Waals surface area (Å²) in [6.07, 6.45) is 1.62. The minimum absolute atomic E-state index is 0.883. The second-order valence-corrected chi connectivity index (χ2v) is 5.27. The van der Waals surface area contributed by atoms with Crippen LogP contribution in [0.4, 0.5) is 5.69 Å². The lowest BCUT2D eigenvalue weighted by Gasteiger charge is -2.17. The number of alkyl halides is 1. The number of anilines is 1. The summed E-state index contributed by atoms with van der Waals surface area (Å²) >= 11 is 5.17. The summed E-state index contributed by atoms with van der Waals surface area (Å²) in [5, 5.41) is 8.67. The molecule has 2 N–H and O–H groups in total. The lowest BCUT2D eigenvalue weighted by Crippen LogP contribution is -2.38. The average molecular weight is 323 g/mol. The van der Waals surface area contributed by atoms with Gasteiger partial charge in [0, 0.05) is 5.33 Å². The summed E-state index contributed by atoms with van der Waals surface area (Å²) in [5.41, 5.74) is 9.46. The molecule has 0 bridgehead atoms. The highest BCUT2D eigenvalue weighted by Gasteiger charge is 2.15. The third-order valence-corrected chi connectivity index (χ3v) is 4.27. The third kappa shape index (κ3) is 2.09. The molecule has 0 spiro atoms. The van der Waals surface area contributed by atoms with E-state index in [-0.39, 0.29) is 0 Å². The molecule has 4 nitrogen and oxygen atoms in total. The van der Waals surface area contributed by atoms with Crippen LogP contribution >= 0.6 is 27.3 Å². The van der Waals surface area contributed by atoms with E-state index in [0.29, 0.717) is 0 Å². The molecule has 1 aliphatic heterocycles. The highest BCUT2D eigenvalue weighted by Crippen LogP contribution is 2.35. The van der Waals surface area contributed by atoms with E-state index in [1.165, 1.54) is 16.0 Å². The number of benzene rings is 1. The maximum absolute atomic E-state index is 3.92. The van der Waals surface area contributed by atoms with Crippen molar-refractivity contribution in [1.82, 2.24) is 11.0 Å². The SMILES string of the molecule is BrCc1ccc(-c2sccc2N2NC=NN2)cc1. The van der Waals surface area contributed by atoms with Crippen molar-refractivity contribution in [2.24, 2.45) is 5.10 Å². The molecule has 1 aromatic carbocycles. The Hall–Kier alpha value is -1.53. The Morgan fingerprint density at radius 1 is 1.22 bits per heavy atom. The Bertz CT molecular complexity index is 556. The number of rotatable bonds is 3. The van der Waals surface area contributed by atoms with Gasteiger partial charge in [0.05, 0.1) is 4.88 Å². The standard InChI is InChI=1S/C12H11BrN4S/c13-7-9-1-3-10(4-2-9)12-11(5-6-18-12)17-15-8-14-16-17/h1-6,8,16H,7H2,(H,14,15). The van der Waals surface area contributed by atoms with Gasteiger partial charge in [-0.25, -0.2) is 0 Å². The Labute approximate surface area is 117 Å². The summed E-state index contributed by atoms with van der Waals surface area (Å²) in [5.74, 6) is 0. The van der Waals surface area contributed by atoms with Crippen LogP contribution in [0.3, 0.4) is 0 Å². The lowest BCUT2D eigenvalue weighted by molar-refractivity contribution is 0.687. The summed E-state index contributed by atoms with van der Waals surface area (Å²) in [4.78, 5) is 1.21. The number of nitrogens with zero attached hydrogens (tertiary/aromatic N) is 2. The number of thiophene rings is 1. The van der Waals surface area contributed by atoms with Crippen molar-refractivity contribution in [3.63, 3.8) is 0 Å². The molecule has 18 heavy (non-hydrogen) atoms. The molecule has 0 radical (unpaired) electrons. The van der Waals surface area contributed by atoms with E-state index < -0.39 is 0 Å². The van der Waals surface area contributed by atoms with Crippen molar-refractivity contribution >= 4 is 39.3 Å². The molecule has 0 amide bonds. The first kappa shape index (κ1) is 11.6. The van der Waals surface area contributed by atoms with Gasteiger partial charge >= 0.3 is 0 Å². The van der Waals surface area contributed by atoms with Crippen molar-refractivity contribution in [3.05, 3.63) is 41.3 Å². The largest absolute Gasteiger partial charge is 0.266 e. The molecule has 0 atom stereocenters. The second-order valence-electron chi connectivity index (χ2n) is 3.79. The molecule has 1 aliphatic rings. The Morgan fingerprint density at radius 2 is 2.06 bits per heavy atom. The van der Waals surface area contributed by atoms with Crippen LogP contribution < -0.4 is 16.1 Å². The zero-order chi connectivity index (χ0) is 12.4. The molecular weight excluding hydrogens is 312 g/mol. The molecule has 2 aromatic rings. The zero-order valence-corrected chi connectivity index (χ0v) is 11.8. The quantitative estimate of drug-likeness (QED) is 0.853. The number of hydrogen-bond acceptors (Lipinski definition) is 5. The average Bonchev–Trinajstić information content (AvgIpc) is 3.09. The van der Waals surface area contributed by atoms with Crippen molar-refractivity contribution < 1.29 is 0 Å². The van der Waals surface area contributed by atoms with E-state index in [1.807, 2.05) is 0 Å². The van der Waals surface area contributed by atoms with Crippen LogP contribution in [-0.2, 0) is 5.33 Å². The highest BCUT2D eigenvalue weighted by atomic mass is 79.9. The van der Waals surface area contributed by atoms with Crippen LogP contribution in [0.2, 0.25) is 0 Å². The van der Waals surface area contributed by atoms with Gasteiger partial charge in [-0.1, -0.05) is 40.2 Å². The van der Waals surface area contributed by atoms with Crippen molar-refractivity contribution in [2.45, 2.75) is 5.33 Å². The van der Waals surface area contributed by atoms with Crippen LogP contribution in [0.15, 0.2) is 40.8 Å². The van der Waals surface area contributed by atoms with Crippen LogP contribution in [0.25, 0.3) is 10.4 Å². The number of hydrazine groups is 2. The molecule has 0 unspecified atom stereocenters. The fourth-order valence-electron chi connectivity index (χ4n) is 1.77. The molecule has 1 aromatic heterocycles. The molecule has 0 saturated heterocycles. The highest BCUT2D eigenvalue weighted by molar-refractivity contribution is 9.08. The summed E-state index contributed by atoms with van der Waals surface area (Å²) in [6, 6.07) is 10.6. The van der Waals surface area contributed by atoms with Gasteiger partial charge in [0.2, 0.25) is 0 Å². The smallest absolute Gasteiger partial charge is 0.131 e. The molecule has 0 aliphatic carbocycles. The fraction of sp³-hybridized carbons (Fsp3) is 0.0833. The summed E-state index contributed by atoms with van der Waals surface area (Å²) < 4.78 is 0. The first-order valence-corrected chi connectivity index (χ1v) is 7.45. The van der Waals surface area contributed by atoms with Gasteiger partial charge in [-0.15, -0.1) is 16.4 Å². The first-order chi connectivity index (χ1) is 8.88. The number of nitrogens with one attached hydrogen (secondary N) is 2. The minimum atomic E-state index is 0.883. The molecule has 6 heteroatoms. The minimum Gasteiger partial charge on any atom is -0.266 e. The Kier molecular flexibility index (Phi) is 3.21. The van der Waals surface area contributed by atoms with Crippen molar-refractivity contribution in [2.75, 3.05) is 5.12 Å². The predicted molar refractivity (Wildman–Crippen MR) is 79.6 cm³/mol. The van der Waals surface area contributed by atoms with Gasteiger partial charge in [0.15, 0.2) is 0 Å². The normalized spacial score (nSPS) is 13.5. The van der Waals surface area contributed by atoms with Crippen LogP contribution in [0, 0.1) is 0 Å². The second kappa shape index (κ2) is 4.99. The molecule has 92 valence electrons. The van der Waals surface area contributed by atoms with Crippen LogP contribution in [-0.4, -0.2) is 6.34 Å². The van der Waals surface area contributed by atoms with Crippen LogP contribution in [0.5, 0.6) is 0 Å². The molecule has 0 fully saturated rings. The summed E-state index contributed by atoms with van der Waals surface area (Å²) in [7, 11) is 0. The Morgan fingerprint density at radius 3 is 2.72 bits per heavy atom. The molecule has 2 heterocycles. The Balaban J connectivity index is 1.93. The van der Waals surface area contributed by atoms with Crippen molar-refractivity contribution in [3.8, 4) is 10.4 Å². The number of halogens is 1. The maximum Gasteiger partial charge on any atom is 0.131 e.